The molecule has 157 valence electrons. The maximum atomic E-state index is 12.9. The molecule has 5 nitrogen and oxygen atoms in total. The molecule has 1 aliphatic heterocycles. The number of aliphatic hydroxyl groups is 1. The molecular formula is C24H34N3O2. The van der Waals surface area contributed by atoms with E-state index in [1.807, 2.05) is 4.90 Å². The molecule has 1 aliphatic carbocycles. The third-order valence-electron chi connectivity index (χ3n) is 6.07. The van der Waals surface area contributed by atoms with Crippen LogP contribution >= 0.6 is 0 Å². The van der Waals surface area contributed by atoms with Gasteiger partial charge in [-0.2, -0.15) is 0 Å². The number of carbonyl (C=O) groups excluding carboxylic acids is 1. The van der Waals surface area contributed by atoms with Crippen molar-refractivity contribution in [3.05, 3.63) is 48.5 Å². The summed E-state index contributed by atoms with van der Waals surface area (Å²) in [6, 6.07) is 6.82. The zero-order valence-electron chi connectivity index (χ0n) is 17.9. The summed E-state index contributed by atoms with van der Waals surface area (Å²) in [5, 5.41) is 9.36. The second-order valence-electron chi connectivity index (χ2n) is 7.87. The van der Waals surface area contributed by atoms with Crippen LogP contribution in [0.3, 0.4) is 0 Å². The molecule has 2 atom stereocenters. The first-order valence-electron chi connectivity index (χ1n) is 10.8. The lowest BCUT2D eigenvalue weighted by atomic mass is 9.79. The minimum absolute atomic E-state index is 0.0445. The van der Waals surface area contributed by atoms with Gasteiger partial charge in [-0.25, -0.2) is 0 Å². The number of H-pyrrole nitrogens is 1. The summed E-state index contributed by atoms with van der Waals surface area (Å²) in [7, 11) is 2.15. The van der Waals surface area contributed by atoms with Crippen LogP contribution in [0.25, 0.3) is 16.5 Å². The standard InChI is InChI=1S/C20H25N3O.C4H9O/c1-4-23(5-2)20(24)14-9-16-15-7-6-8-17-19(15)13(11-21-17)10-18(16)22(3)12-14;1-2-3-4-5/h6-9,11,14,18,21H,4-5,10,12H2,1-3H3;5H,1-4H2/t14-,18-;/m1./s1. The van der Waals surface area contributed by atoms with E-state index in [1.54, 1.807) is 0 Å². The summed E-state index contributed by atoms with van der Waals surface area (Å²) < 4.78 is 0. The van der Waals surface area contributed by atoms with Crippen molar-refractivity contribution in [2.45, 2.75) is 39.2 Å². The van der Waals surface area contributed by atoms with Gasteiger partial charge in [0.2, 0.25) is 5.91 Å². The molecule has 1 amide bonds. The molecule has 0 unspecified atom stereocenters. The second-order valence-corrected chi connectivity index (χ2v) is 7.87. The fourth-order valence-electron chi connectivity index (χ4n) is 4.49. The van der Waals surface area contributed by atoms with Gasteiger partial charge in [-0.15, -0.1) is 0 Å². The number of nitrogens with one attached hydrogen (secondary N) is 1. The van der Waals surface area contributed by atoms with Gasteiger partial charge in [0.25, 0.3) is 0 Å². The van der Waals surface area contributed by atoms with E-state index in [1.165, 1.54) is 27.6 Å². The summed E-state index contributed by atoms with van der Waals surface area (Å²) in [6.45, 7) is 10.3. The zero-order chi connectivity index (χ0) is 21.0. The highest BCUT2D eigenvalue weighted by atomic mass is 16.2. The highest BCUT2D eigenvalue weighted by molar-refractivity contribution is 5.99. The average Bonchev–Trinajstić information content (AvgIpc) is 3.15. The normalized spacial score (nSPS) is 20.5. The summed E-state index contributed by atoms with van der Waals surface area (Å²) in [6.07, 6.45) is 7.09. The number of hydrogen-bond acceptors (Lipinski definition) is 3. The molecule has 1 aromatic heterocycles. The fourth-order valence-corrected chi connectivity index (χ4v) is 4.49. The van der Waals surface area contributed by atoms with Gasteiger partial charge >= 0.3 is 0 Å². The predicted octanol–water partition coefficient (Wildman–Crippen LogP) is 3.50. The van der Waals surface area contributed by atoms with Crippen LogP contribution in [0.4, 0.5) is 0 Å². The number of carbonyl (C=O) groups is 1. The second kappa shape index (κ2) is 9.59. The van der Waals surface area contributed by atoms with E-state index >= 15 is 0 Å². The van der Waals surface area contributed by atoms with Crippen LogP contribution < -0.4 is 0 Å². The largest absolute Gasteiger partial charge is 0.396 e. The molecule has 0 fully saturated rings. The monoisotopic (exact) mass is 396 g/mol. The molecular weight excluding hydrogens is 362 g/mol. The van der Waals surface area contributed by atoms with Crippen LogP contribution in [0.2, 0.25) is 0 Å². The van der Waals surface area contributed by atoms with Gasteiger partial charge in [0.1, 0.15) is 0 Å². The molecule has 0 saturated carbocycles. The summed E-state index contributed by atoms with van der Waals surface area (Å²) in [5.74, 6) is 0.210. The Kier molecular flexibility index (Phi) is 7.14. The molecule has 4 rings (SSSR count). The maximum absolute atomic E-state index is 12.9. The average molecular weight is 397 g/mol. The van der Waals surface area contributed by atoms with Gasteiger partial charge in [-0.3, -0.25) is 9.69 Å². The number of aromatic nitrogens is 1. The SMILES string of the molecule is CCN(CC)C(=O)[C@@H]1C=C2c3cccc4[nH]cc(c34)C[C@H]2N(C)C1.[CH2]CCCO. The van der Waals surface area contributed by atoms with Crippen molar-refractivity contribution in [2.75, 3.05) is 33.3 Å². The first-order chi connectivity index (χ1) is 14.0. The lowest BCUT2D eigenvalue weighted by Crippen LogP contribution is -2.47. The number of unbranched alkanes of at least 4 members (excludes halogenated alkanes) is 1. The molecule has 2 N–H and O–H groups in total. The van der Waals surface area contributed by atoms with Crippen molar-refractivity contribution < 1.29 is 9.90 Å². The molecule has 2 heterocycles. The lowest BCUT2D eigenvalue weighted by molar-refractivity contribution is -0.134. The van der Waals surface area contributed by atoms with Crippen molar-refractivity contribution in [2.24, 2.45) is 5.92 Å². The van der Waals surface area contributed by atoms with Gasteiger partial charge in [-0.1, -0.05) is 31.6 Å². The number of benzene rings is 1. The summed E-state index contributed by atoms with van der Waals surface area (Å²) in [5.41, 5.74) is 5.21. The van der Waals surface area contributed by atoms with E-state index in [2.05, 4.69) is 68.2 Å². The molecule has 2 aromatic rings. The third kappa shape index (κ3) is 4.26. The van der Waals surface area contributed by atoms with E-state index < -0.39 is 0 Å². The van der Waals surface area contributed by atoms with Crippen LogP contribution in [0, 0.1) is 12.8 Å². The van der Waals surface area contributed by atoms with Crippen LogP contribution in [-0.4, -0.2) is 65.1 Å². The van der Waals surface area contributed by atoms with E-state index in [4.69, 9.17) is 5.11 Å². The van der Waals surface area contributed by atoms with Crippen molar-refractivity contribution in [3.8, 4) is 0 Å². The third-order valence-corrected chi connectivity index (χ3v) is 6.07. The van der Waals surface area contributed by atoms with Gasteiger partial charge in [0.15, 0.2) is 0 Å². The van der Waals surface area contributed by atoms with Crippen LogP contribution in [0.1, 0.15) is 37.8 Å². The lowest BCUT2D eigenvalue weighted by Gasteiger charge is -2.40. The maximum Gasteiger partial charge on any atom is 0.230 e. The molecule has 29 heavy (non-hydrogen) atoms. The Morgan fingerprint density at radius 2 is 2.10 bits per heavy atom. The first kappa shape index (κ1) is 21.6. The van der Waals surface area contributed by atoms with E-state index in [-0.39, 0.29) is 18.4 Å². The minimum Gasteiger partial charge on any atom is -0.396 e. The number of nitrogens with zero attached hydrogens (tertiary/aromatic N) is 2. The molecule has 0 spiro atoms. The predicted molar refractivity (Wildman–Crippen MR) is 119 cm³/mol. The van der Waals surface area contributed by atoms with Crippen LogP contribution in [0.5, 0.6) is 0 Å². The highest BCUT2D eigenvalue weighted by Crippen LogP contribution is 2.40. The topological polar surface area (TPSA) is 59.6 Å². The Bertz CT molecular complexity index is 864. The number of aliphatic hydroxyl groups excluding tert-OH is 1. The summed E-state index contributed by atoms with van der Waals surface area (Å²) >= 11 is 0. The van der Waals surface area contributed by atoms with Crippen LogP contribution in [0.15, 0.2) is 30.5 Å². The van der Waals surface area contributed by atoms with Crippen LogP contribution in [-0.2, 0) is 11.2 Å². The van der Waals surface area contributed by atoms with E-state index in [0.29, 0.717) is 6.04 Å². The molecule has 0 saturated heterocycles. The Morgan fingerprint density at radius 3 is 2.72 bits per heavy atom. The summed E-state index contributed by atoms with van der Waals surface area (Å²) in [4.78, 5) is 20.6. The molecule has 1 radical (unpaired) electrons. The quantitative estimate of drug-likeness (QED) is 0.813. The minimum atomic E-state index is -0.0445. The first-order valence-corrected chi connectivity index (χ1v) is 10.8. The molecule has 0 bridgehead atoms. The van der Waals surface area contributed by atoms with Gasteiger partial charge in [-0.05, 0) is 56.5 Å². The Morgan fingerprint density at radius 1 is 1.34 bits per heavy atom. The van der Waals surface area contributed by atoms with Gasteiger partial charge < -0.3 is 15.0 Å². The number of rotatable bonds is 5. The molecule has 1 aromatic carbocycles. The van der Waals surface area contributed by atoms with Crippen molar-refractivity contribution in [1.29, 1.82) is 0 Å². The number of hydrogen-bond donors (Lipinski definition) is 2. The number of amides is 1. The molecule has 2 aliphatic rings. The van der Waals surface area contributed by atoms with Gasteiger partial charge in [0.05, 0.1) is 5.92 Å². The number of aromatic amines is 1. The van der Waals surface area contributed by atoms with Crippen molar-refractivity contribution >= 4 is 22.4 Å². The zero-order valence-corrected chi connectivity index (χ0v) is 17.9. The van der Waals surface area contributed by atoms with Gasteiger partial charge in [0, 0.05) is 49.4 Å². The fraction of sp³-hybridized carbons (Fsp3) is 0.500. The molecule has 5 heteroatoms. The Balaban J connectivity index is 0.000000431. The van der Waals surface area contributed by atoms with Crippen molar-refractivity contribution in [1.82, 2.24) is 14.8 Å². The number of likely N-dealkylation sites (N-methyl/N-ethyl adjacent to an activating group) is 1. The highest BCUT2D eigenvalue weighted by Gasteiger charge is 2.36. The Hall–Kier alpha value is -2.11. The van der Waals surface area contributed by atoms with E-state index in [0.717, 1.165) is 38.9 Å². The van der Waals surface area contributed by atoms with E-state index in [9.17, 15) is 4.79 Å². The number of fused-ring (bicyclic) bond motifs is 2. The van der Waals surface area contributed by atoms with Crippen molar-refractivity contribution in [3.63, 3.8) is 0 Å². The Labute approximate surface area is 174 Å². The smallest absolute Gasteiger partial charge is 0.230 e.